The van der Waals surface area contributed by atoms with E-state index in [4.69, 9.17) is 4.42 Å². The predicted molar refractivity (Wildman–Crippen MR) is 63.3 cm³/mol. The summed E-state index contributed by atoms with van der Waals surface area (Å²) in [5.74, 6) is 1.12. The predicted octanol–water partition coefficient (Wildman–Crippen LogP) is 2.41. The van der Waals surface area contributed by atoms with Crippen molar-refractivity contribution < 1.29 is 9.52 Å². The fraction of sp³-hybridized carbons (Fsp3) is 0.692. The standard InChI is InChI=1S/C13H21NO2/c1-2-4-10(15)9-14-12-5-3-6-13-11(12)7-8-16-13/h7-8,10,12,14-15H,2-6,9H2,1H3. The van der Waals surface area contributed by atoms with E-state index in [0.29, 0.717) is 12.6 Å². The summed E-state index contributed by atoms with van der Waals surface area (Å²) in [5.41, 5.74) is 1.29. The Morgan fingerprint density at radius 3 is 3.31 bits per heavy atom. The van der Waals surface area contributed by atoms with Gasteiger partial charge in [0.1, 0.15) is 5.76 Å². The van der Waals surface area contributed by atoms with E-state index < -0.39 is 0 Å². The molecule has 0 amide bonds. The molecule has 3 heteroatoms. The Morgan fingerprint density at radius 1 is 1.62 bits per heavy atom. The van der Waals surface area contributed by atoms with Crippen molar-refractivity contribution in [3.63, 3.8) is 0 Å². The summed E-state index contributed by atoms with van der Waals surface area (Å²) < 4.78 is 5.44. The SMILES string of the molecule is CCCC(O)CNC1CCCc2occc21. The second-order valence-electron chi connectivity index (χ2n) is 4.59. The Morgan fingerprint density at radius 2 is 2.50 bits per heavy atom. The highest BCUT2D eigenvalue weighted by Gasteiger charge is 2.22. The molecule has 1 aliphatic carbocycles. The third kappa shape index (κ3) is 2.66. The quantitative estimate of drug-likeness (QED) is 0.805. The summed E-state index contributed by atoms with van der Waals surface area (Å²) in [6.07, 6.45) is 6.82. The van der Waals surface area contributed by atoms with Crippen LogP contribution in [0.3, 0.4) is 0 Å². The summed E-state index contributed by atoms with van der Waals surface area (Å²) in [6.45, 7) is 2.78. The minimum atomic E-state index is -0.220. The first-order valence-electron chi connectivity index (χ1n) is 6.29. The number of aliphatic hydroxyl groups excluding tert-OH is 1. The van der Waals surface area contributed by atoms with Crippen molar-refractivity contribution in [1.82, 2.24) is 5.32 Å². The molecule has 0 aliphatic heterocycles. The zero-order valence-electron chi connectivity index (χ0n) is 9.91. The van der Waals surface area contributed by atoms with Crippen LogP contribution in [0.15, 0.2) is 16.7 Å². The average molecular weight is 223 g/mol. The maximum Gasteiger partial charge on any atom is 0.108 e. The first-order chi connectivity index (χ1) is 7.81. The number of aryl methyl sites for hydroxylation is 1. The molecule has 0 saturated heterocycles. The lowest BCUT2D eigenvalue weighted by atomic mass is 9.93. The monoisotopic (exact) mass is 223 g/mol. The number of rotatable bonds is 5. The van der Waals surface area contributed by atoms with E-state index in [1.54, 1.807) is 6.26 Å². The van der Waals surface area contributed by atoms with Crippen LogP contribution < -0.4 is 5.32 Å². The van der Waals surface area contributed by atoms with E-state index in [0.717, 1.165) is 31.4 Å². The largest absolute Gasteiger partial charge is 0.469 e. The highest BCUT2D eigenvalue weighted by Crippen LogP contribution is 2.30. The second kappa shape index (κ2) is 5.51. The first-order valence-corrected chi connectivity index (χ1v) is 6.29. The van der Waals surface area contributed by atoms with Gasteiger partial charge < -0.3 is 14.8 Å². The van der Waals surface area contributed by atoms with Crippen LogP contribution in [0.5, 0.6) is 0 Å². The normalized spacial score (nSPS) is 21.8. The molecule has 3 nitrogen and oxygen atoms in total. The minimum Gasteiger partial charge on any atom is -0.469 e. The van der Waals surface area contributed by atoms with Crippen molar-refractivity contribution in [2.24, 2.45) is 0 Å². The lowest BCUT2D eigenvalue weighted by Gasteiger charge is -2.24. The van der Waals surface area contributed by atoms with E-state index in [9.17, 15) is 5.11 Å². The zero-order chi connectivity index (χ0) is 11.4. The molecule has 2 rings (SSSR count). The van der Waals surface area contributed by atoms with Crippen molar-refractivity contribution in [2.75, 3.05) is 6.54 Å². The summed E-state index contributed by atoms with van der Waals surface area (Å²) >= 11 is 0. The number of aliphatic hydroxyl groups is 1. The van der Waals surface area contributed by atoms with Gasteiger partial charge in [0.25, 0.3) is 0 Å². The summed E-state index contributed by atoms with van der Waals surface area (Å²) in [6, 6.07) is 2.42. The number of fused-ring (bicyclic) bond motifs is 1. The Hall–Kier alpha value is -0.800. The van der Waals surface area contributed by atoms with Crippen LogP contribution in [-0.2, 0) is 6.42 Å². The highest BCUT2D eigenvalue weighted by molar-refractivity contribution is 5.23. The van der Waals surface area contributed by atoms with Crippen LogP contribution in [0.4, 0.5) is 0 Å². The molecule has 1 aliphatic rings. The Labute approximate surface area is 96.8 Å². The first kappa shape index (κ1) is 11.7. The topological polar surface area (TPSA) is 45.4 Å². The zero-order valence-corrected chi connectivity index (χ0v) is 9.91. The molecule has 1 aromatic heterocycles. The lowest BCUT2D eigenvalue weighted by molar-refractivity contribution is 0.154. The molecule has 1 heterocycles. The summed E-state index contributed by atoms with van der Waals surface area (Å²) in [7, 11) is 0. The number of furan rings is 1. The maximum atomic E-state index is 9.69. The van der Waals surface area contributed by atoms with Crippen LogP contribution >= 0.6 is 0 Å². The van der Waals surface area contributed by atoms with Gasteiger partial charge in [-0.2, -0.15) is 0 Å². The van der Waals surface area contributed by atoms with E-state index in [-0.39, 0.29) is 6.10 Å². The van der Waals surface area contributed by atoms with Gasteiger partial charge in [0.2, 0.25) is 0 Å². The Kier molecular flexibility index (Phi) is 4.02. The fourth-order valence-electron chi connectivity index (χ4n) is 2.41. The van der Waals surface area contributed by atoms with Crippen molar-refractivity contribution in [2.45, 2.75) is 51.2 Å². The lowest BCUT2D eigenvalue weighted by Crippen LogP contribution is -2.31. The van der Waals surface area contributed by atoms with Crippen molar-refractivity contribution in [3.05, 3.63) is 23.7 Å². The molecule has 2 N–H and O–H groups in total. The molecule has 0 saturated carbocycles. The van der Waals surface area contributed by atoms with Crippen LogP contribution in [0.2, 0.25) is 0 Å². The van der Waals surface area contributed by atoms with E-state index in [1.807, 2.05) is 0 Å². The van der Waals surface area contributed by atoms with E-state index in [1.165, 1.54) is 12.0 Å². The molecule has 2 unspecified atom stereocenters. The van der Waals surface area contributed by atoms with Gasteiger partial charge in [0.05, 0.1) is 12.4 Å². The fourth-order valence-corrected chi connectivity index (χ4v) is 2.41. The molecule has 0 fully saturated rings. The van der Waals surface area contributed by atoms with Gasteiger partial charge in [-0.1, -0.05) is 13.3 Å². The smallest absolute Gasteiger partial charge is 0.108 e. The molecule has 1 aromatic rings. The van der Waals surface area contributed by atoms with Gasteiger partial charge in [0, 0.05) is 24.6 Å². The number of nitrogens with one attached hydrogen (secondary N) is 1. The highest BCUT2D eigenvalue weighted by atomic mass is 16.3. The van der Waals surface area contributed by atoms with Crippen molar-refractivity contribution >= 4 is 0 Å². The third-order valence-electron chi connectivity index (χ3n) is 3.27. The van der Waals surface area contributed by atoms with E-state index in [2.05, 4.69) is 18.3 Å². The molecule has 0 radical (unpaired) electrons. The average Bonchev–Trinajstić information content (AvgIpc) is 2.75. The maximum absolute atomic E-state index is 9.69. The molecular formula is C13H21NO2. The van der Waals surface area contributed by atoms with Gasteiger partial charge in [-0.25, -0.2) is 0 Å². The Balaban J connectivity index is 1.88. The second-order valence-corrected chi connectivity index (χ2v) is 4.59. The minimum absolute atomic E-state index is 0.220. The van der Waals surface area contributed by atoms with Crippen LogP contribution in [0.1, 0.15) is 50.0 Å². The molecule has 0 spiro atoms. The molecule has 0 bridgehead atoms. The molecule has 90 valence electrons. The van der Waals surface area contributed by atoms with Gasteiger partial charge in [-0.15, -0.1) is 0 Å². The van der Waals surface area contributed by atoms with Gasteiger partial charge >= 0.3 is 0 Å². The molecular weight excluding hydrogens is 202 g/mol. The number of hydrogen-bond acceptors (Lipinski definition) is 3. The third-order valence-corrected chi connectivity index (χ3v) is 3.27. The summed E-state index contributed by atoms with van der Waals surface area (Å²) in [4.78, 5) is 0. The van der Waals surface area contributed by atoms with Crippen molar-refractivity contribution in [3.8, 4) is 0 Å². The molecule has 2 atom stereocenters. The number of hydrogen-bond donors (Lipinski definition) is 2. The van der Waals surface area contributed by atoms with Crippen molar-refractivity contribution in [1.29, 1.82) is 0 Å². The van der Waals surface area contributed by atoms with E-state index >= 15 is 0 Å². The van der Waals surface area contributed by atoms with Gasteiger partial charge in [-0.3, -0.25) is 0 Å². The Bertz CT molecular complexity index is 321. The van der Waals surface area contributed by atoms with Gasteiger partial charge in [0.15, 0.2) is 0 Å². The van der Waals surface area contributed by atoms with Crippen LogP contribution in [0.25, 0.3) is 0 Å². The van der Waals surface area contributed by atoms with Gasteiger partial charge in [-0.05, 0) is 25.3 Å². The van der Waals surface area contributed by atoms with Crippen LogP contribution in [-0.4, -0.2) is 17.8 Å². The van der Waals surface area contributed by atoms with Crippen LogP contribution in [0, 0.1) is 0 Å². The summed E-state index contributed by atoms with van der Waals surface area (Å²) in [5, 5.41) is 13.1. The molecule has 16 heavy (non-hydrogen) atoms. The molecule has 0 aromatic carbocycles.